The van der Waals surface area contributed by atoms with Gasteiger partial charge in [-0.05, 0) is 206 Å². The normalized spacial score (nSPS) is 45.7. The first-order valence-corrected chi connectivity index (χ1v) is 29.3. The van der Waals surface area contributed by atoms with Gasteiger partial charge in [-0.1, -0.05) is 122 Å². The molecule has 340 valence electrons. The Morgan fingerprint density at radius 2 is 0.500 bits per heavy atom. The van der Waals surface area contributed by atoms with Crippen molar-refractivity contribution in [2.24, 2.45) is 71.0 Å². The Morgan fingerprint density at radius 1 is 0.183 bits per heavy atom. The summed E-state index contributed by atoms with van der Waals surface area (Å²) in [4.78, 5) is 6.60. The van der Waals surface area contributed by atoms with Gasteiger partial charge in [0.05, 0.1) is 0 Å². The van der Waals surface area contributed by atoms with Crippen molar-refractivity contribution in [1.82, 2.24) is 9.80 Å². The van der Waals surface area contributed by atoms with Crippen LogP contribution in [0.3, 0.4) is 0 Å². The van der Waals surface area contributed by atoms with Gasteiger partial charge in [-0.2, -0.15) is 0 Å². The van der Waals surface area contributed by atoms with Crippen molar-refractivity contribution in [3.8, 4) is 0 Å². The molecule has 0 spiro atoms. The second-order valence-electron chi connectivity index (χ2n) is 25.6. The summed E-state index contributed by atoms with van der Waals surface area (Å²) in [6.07, 6.45) is 62.6. The molecule has 0 radical (unpaired) electrons. The Labute approximate surface area is 372 Å². The van der Waals surface area contributed by atoms with Gasteiger partial charge in [0.25, 0.3) is 0 Å². The van der Waals surface area contributed by atoms with Crippen molar-refractivity contribution in [2.75, 3.05) is 0 Å². The maximum absolute atomic E-state index is 3.30. The molecular formula is C58H98N2. The van der Waals surface area contributed by atoms with E-state index in [4.69, 9.17) is 0 Å². The summed E-state index contributed by atoms with van der Waals surface area (Å²) >= 11 is 0. The molecule has 2 nitrogen and oxygen atoms in total. The van der Waals surface area contributed by atoms with Crippen molar-refractivity contribution in [3.63, 3.8) is 0 Å². The fourth-order valence-corrected chi connectivity index (χ4v) is 20.6. The summed E-state index contributed by atoms with van der Waals surface area (Å²) in [5.74, 6) is 13.2. The van der Waals surface area contributed by atoms with E-state index in [1.165, 1.54) is 128 Å². The number of nitrogens with zero attached hydrogens (tertiary/aromatic N) is 2. The van der Waals surface area contributed by atoms with Crippen LogP contribution in [0.5, 0.6) is 0 Å². The first kappa shape index (κ1) is 42.5. The molecule has 10 unspecified atom stereocenters. The second-order valence-corrected chi connectivity index (χ2v) is 25.6. The minimum Gasteiger partial charge on any atom is -0.294 e. The Balaban J connectivity index is 0.850. The summed E-state index contributed by atoms with van der Waals surface area (Å²) in [6.45, 7) is 0. The van der Waals surface area contributed by atoms with Gasteiger partial charge in [0.2, 0.25) is 0 Å². The fraction of sp³-hybridized carbons (Fsp3) is 1.00. The summed E-state index contributed by atoms with van der Waals surface area (Å²) in [7, 11) is 0. The minimum atomic E-state index is 0.926. The Hall–Kier alpha value is -0.0800. The first-order valence-electron chi connectivity index (χ1n) is 29.3. The van der Waals surface area contributed by atoms with Gasteiger partial charge in [-0.15, -0.1) is 0 Å². The van der Waals surface area contributed by atoms with Gasteiger partial charge < -0.3 is 0 Å². The standard InChI is InChI=1S/C58H98N2/c1-5-20-47(21-6-1)59(48-22-7-2-8-23-48)51-33-29-41(30-34-51)57-53-28-16-15-19-45(53)39-55-56(57)40-46-37-43-17-13-14-18-44(43)38-54(46)58(55)42-31-35-52(36-32-42)60(49-24-9-3-10-25-49)50-26-11-4-12-27-50/h41-58H,1-40H2. The van der Waals surface area contributed by atoms with Gasteiger partial charge in [-0.25, -0.2) is 0 Å². The largest absolute Gasteiger partial charge is 0.294 e. The van der Waals surface area contributed by atoms with Crippen LogP contribution < -0.4 is 0 Å². The highest BCUT2D eigenvalue weighted by Gasteiger charge is 2.58. The molecule has 11 aliphatic rings. The predicted octanol–water partition coefficient (Wildman–Crippen LogP) is 15.9. The van der Waals surface area contributed by atoms with E-state index in [-0.39, 0.29) is 0 Å². The molecule has 11 aliphatic carbocycles. The van der Waals surface area contributed by atoms with E-state index >= 15 is 0 Å². The summed E-state index contributed by atoms with van der Waals surface area (Å²) in [6, 6.07) is 5.59. The second kappa shape index (κ2) is 19.8. The molecule has 0 aromatic carbocycles. The lowest BCUT2D eigenvalue weighted by molar-refractivity contribution is -0.142. The third-order valence-corrected chi connectivity index (χ3v) is 22.9. The van der Waals surface area contributed by atoms with Crippen LogP contribution in [0.4, 0.5) is 0 Å². The zero-order chi connectivity index (χ0) is 39.8. The third kappa shape index (κ3) is 8.81. The maximum atomic E-state index is 3.30. The molecule has 60 heavy (non-hydrogen) atoms. The molecule has 10 atom stereocenters. The average Bonchev–Trinajstić information content (AvgIpc) is 3.32. The molecule has 11 saturated carbocycles. The predicted molar refractivity (Wildman–Crippen MR) is 253 cm³/mol. The van der Waals surface area contributed by atoms with Crippen LogP contribution >= 0.6 is 0 Å². The molecule has 0 aliphatic heterocycles. The summed E-state index contributed by atoms with van der Waals surface area (Å²) in [5, 5.41) is 0. The summed E-state index contributed by atoms with van der Waals surface area (Å²) < 4.78 is 0. The van der Waals surface area contributed by atoms with E-state index in [1.54, 1.807) is 128 Å². The van der Waals surface area contributed by atoms with Crippen molar-refractivity contribution in [3.05, 3.63) is 0 Å². The molecule has 0 aromatic rings. The maximum Gasteiger partial charge on any atom is 0.0101 e. The molecule has 0 bridgehead atoms. The lowest BCUT2D eigenvalue weighted by Crippen LogP contribution is -2.57. The number of rotatable bonds is 8. The summed E-state index contributed by atoms with van der Waals surface area (Å²) in [5.41, 5.74) is 0. The Bertz CT molecular complexity index is 1270. The molecule has 0 N–H and O–H groups in total. The molecule has 0 aromatic heterocycles. The molecule has 0 heterocycles. The quantitative estimate of drug-likeness (QED) is 0.241. The fourth-order valence-electron chi connectivity index (χ4n) is 20.6. The van der Waals surface area contributed by atoms with Gasteiger partial charge >= 0.3 is 0 Å². The number of hydrogen-bond acceptors (Lipinski definition) is 2. The van der Waals surface area contributed by atoms with Gasteiger partial charge in [0.1, 0.15) is 0 Å². The molecule has 0 saturated heterocycles. The van der Waals surface area contributed by atoms with Crippen LogP contribution in [-0.4, -0.2) is 46.1 Å². The molecule has 11 fully saturated rings. The highest BCUT2D eigenvalue weighted by Crippen LogP contribution is 2.66. The lowest BCUT2D eigenvalue weighted by Gasteiger charge is -2.63. The van der Waals surface area contributed by atoms with Crippen molar-refractivity contribution in [2.45, 2.75) is 293 Å². The van der Waals surface area contributed by atoms with Crippen molar-refractivity contribution >= 4 is 0 Å². The van der Waals surface area contributed by atoms with Crippen LogP contribution in [0.1, 0.15) is 257 Å². The molecule has 2 heteroatoms. The van der Waals surface area contributed by atoms with E-state index in [0.29, 0.717) is 0 Å². The van der Waals surface area contributed by atoms with E-state index in [2.05, 4.69) is 9.80 Å². The Morgan fingerprint density at radius 3 is 0.950 bits per heavy atom. The molecule has 0 amide bonds. The first-order chi connectivity index (χ1) is 29.8. The van der Waals surface area contributed by atoms with Gasteiger partial charge in [-0.3, -0.25) is 9.80 Å². The van der Waals surface area contributed by atoms with Gasteiger partial charge in [0, 0.05) is 36.3 Å². The highest BCUT2D eigenvalue weighted by molar-refractivity contribution is 5.08. The Kier molecular flexibility index (Phi) is 14.0. The highest BCUT2D eigenvalue weighted by atomic mass is 15.2. The number of fused-ring (bicyclic) bond motifs is 4. The van der Waals surface area contributed by atoms with Crippen LogP contribution in [0, 0.1) is 71.0 Å². The zero-order valence-corrected chi connectivity index (χ0v) is 39.6. The van der Waals surface area contributed by atoms with Crippen LogP contribution in [-0.2, 0) is 0 Å². The van der Waals surface area contributed by atoms with Crippen LogP contribution in [0.2, 0.25) is 0 Å². The van der Waals surface area contributed by atoms with Crippen LogP contribution in [0.25, 0.3) is 0 Å². The monoisotopic (exact) mass is 823 g/mol. The topological polar surface area (TPSA) is 6.48 Å². The smallest absolute Gasteiger partial charge is 0.0101 e. The van der Waals surface area contributed by atoms with Crippen molar-refractivity contribution < 1.29 is 0 Å². The van der Waals surface area contributed by atoms with Gasteiger partial charge in [0.15, 0.2) is 0 Å². The average molecular weight is 823 g/mol. The third-order valence-electron chi connectivity index (χ3n) is 22.9. The van der Waals surface area contributed by atoms with E-state index in [0.717, 1.165) is 107 Å². The van der Waals surface area contributed by atoms with E-state index < -0.39 is 0 Å². The molecule has 11 rings (SSSR count). The van der Waals surface area contributed by atoms with E-state index in [1.807, 2.05) is 0 Å². The van der Waals surface area contributed by atoms with E-state index in [9.17, 15) is 0 Å². The lowest BCUT2D eigenvalue weighted by atomic mass is 9.42. The SMILES string of the molecule is C1CCC(N(C2CCCCC2)C2CCC(C3C4CCCCC4CC4C3CC3CC5CCCCC5CC3C4C3CCC(N(C4CCCCC4)C4CCCCC4)CC3)CC2)CC1. The molecular weight excluding hydrogens is 725 g/mol. The minimum absolute atomic E-state index is 0.926. The van der Waals surface area contributed by atoms with Crippen LogP contribution in [0.15, 0.2) is 0 Å². The van der Waals surface area contributed by atoms with Crippen molar-refractivity contribution in [1.29, 1.82) is 0 Å². The number of hydrogen-bond donors (Lipinski definition) is 0. The zero-order valence-electron chi connectivity index (χ0n) is 39.6.